The zero-order valence-corrected chi connectivity index (χ0v) is 10.4. The van der Waals surface area contributed by atoms with E-state index in [0.717, 1.165) is 4.90 Å². The number of primary amides is 1. The van der Waals surface area contributed by atoms with Gasteiger partial charge in [-0.05, 0) is 18.6 Å². The Labute approximate surface area is 109 Å². The van der Waals surface area contributed by atoms with E-state index in [0.29, 0.717) is 5.56 Å². The van der Waals surface area contributed by atoms with Crippen molar-refractivity contribution in [3.8, 4) is 0 Å². The fraction of sp³-hybridized carbons (Fsp3) is 0.385. The first-order valence-corrected chi connectivity index (χ1v) is 5.91. The Kier molecular flexibility index (Phi) is 3.50. The summed E-state index contributed by atoms with van der Waals surface area (Å²) in [5.41, 5.74) is 5.29. The number of amides is 2. The molecular weight excluding hydrogens is 254 g/mol. The third-order valence-electron chi connectivity index (χ3n) is 3.26. The fourth-order valence-corrected chi connectivity index (χ4v) is 2.25. The number of carbonyl (C=O) groups is 2. The molecule has 2 amide bonds. The van der Waals surface area contributed by atoms with E-state index >= 15 is 0 Å². The van der Waals surface area contributed by atoms with Gasteiger partial charge in [0.1, 0.15) is 18.0 Å². The molecule has 1 fully saturated rings. The van der Waals surface area contributed by atoms with Crippen LogP contribution in [-0.4, -0.2) is 35.5 Å². The Morgan fingerprint density at radius 3 is 2.74 bits per heavy atom. The van der Waals surface area contributed by atoms with Crippen LogP contribution in [0.4, 0.5) is 8.78 Å². The fourth-order valence-electron chi connectivity index (χ4n) is 2.25. The molecule has 0 bridgehead atoms. The predicted octanol–water partition coefficient (Wildman–Crippen LogP) is 1.17. The van der Waals surface area contributed by atoms with Crippen LogP contribution in [0.2, 0.25) is 0 Å². The Bertz CT molecular complexity index is 533. The highest BCUT2D eigenvalue weighted by Gasteiger charge is 2.39. The van der Waals surface area contributed by atoms with Gasteiger partial charge < -0.3 is 10.6 Å². The molecule has 1 saturated heterocycles. The van der Waals surface area contributed by atoms with Gasteiger partial charge in [-0.2, -0.15) is 0 Å². The molecule has 4 nitrogen and oxygen atoms in total. The van der Waals surface area contributed by atoms with Crippen molar-refractivity contribution in [1.82, 2.24) is 4.90 Å². The summed E-state index contributed by atoms with van der Waals surface area (Å²) >= 11 is 0. The van der Waals surface area contributed by atoms with Crippen molar-refractivity contribution >= 4 is 11.8 Å². The van der Waals surface area contributed by atoms with E-state index in [9.17, 15) is 18.4 Å². The van der Waals surface area contributed by atoms with Gasteiger partial charge in [0.15, 0.2) is 0 Å². The molecule has 1 heterocycles. The third-order valence-corrected chi connectivity index (χ3v) is 3.26. The molecule has 102 valence electrons. The lowest BCUT2D eigenvalue weighted by atomic mass is 10.1. The van der Waals surface area contributed by atoms with E-state index in [4.69, 9.17) is 5.73 Å². The van der Waals surface area contributed by atoms with E-state index in [1.807, 2.05) is 0 Å². The Morgan fingerprint density at radius 1 is 1.42 bits per heavy atom. The maximum absolute atomic E-state index is 13.9. The van der Waals surface area contributed by atoms with E-state index in [2.05, 4.69) is 0 Å². The molecule has 0 saturated carbocycles. The predicted molar refractivity (Wildman–Crippen MR) is 64.7 cm³/mol. The van der Waals surface area contributed by atoms with Gasteiger partial charge in [-0.1, -0.05) is 12.1 Å². The van der Waals surface area contributed by atoms with Crippen molar-refractivity contribution in [3.05, 3.63) is 35.1 Å². The number of hydrogen-bond acceptors (Lipinski definition) is 2. The molecule has 6 heteroatoms. The summed E-state index contributed by atoms with van der Waals surface area (Å²) in [5.74, 6) is -2.13. The molecule has 1 aliphatic rings. The number of rotatable bonds is 2. The lowest BCUT2D eigenvalue weighted by Crippen LogP contribution is -2.44. The number of nitrogens with two attached hydrogens (primary N) is 1. The maximum atomic E-state index is 13.9. The monoisotopic (exact) mass is 268 g/mol. The zero-order chi connectivity index (χ0) is 14.2. The van der Waals surface area contributed by atoms with E-state index < -0.39 is 29.8 Å². The number of likely N-dealkylation sites (tertiary alicyclic amines) is 1. The number of alkyl halides is 1. The largest absolute Gasteiger partial charge is 0.368 e. The highest BCUT2D eigenvalue weighted by atomic mass is 19.1. The van der Waals surface area contributed by atoms with Crippen LogP contribution in [0.3, 0.4) is 0 Å². The molecule has 0 spiro atoms. The second kappa shape index (κ2) is 4.95. The molecule has 19 heavy (non-hydrogen) atoms. The molecule has 1 aliphatic heterocycles. The number of aryl methyl sites for hydroxylation is 1. The normalized spacial score (nSPS) is 22.6. The lowest BCUT2D eigenvalue weighted by molar-refractivity contribution is -0.121. The number of nitrogens with zero attached hydrogens (tertiary/aromatic N) is 1. The summed E-state index contributed by atoms with van der Waals surface area (Å²) in [7, 11) is 0. The molecule has 2 N–H and O–H groups in total. The van der Waals surface area contributed by atoms with E-state index in [-0.39, 0.29) is 18.5 Å². The summed E-state index contributed by atoms with van der Waals surface area (Å²) in [5, 5.41) is 0. The molecular formula is C13H14F2N2O2. The van der Waals surface area contributed by atoms with Crippen molar-refractivity contribution in [2.24, 2.45) is 5.73 Å². The van der Waals surface area contributed by atoms with Crippen LogP contribution in [-0.2, 0) is 4.79 Å². The molecule has 0 aliphatic carbocycles. The van der Waals surface area contributed by atoms with Gasteiger partial charge in [-0.3, -0.25) is 9.59 Å². The topological polar surface area (TPSA) is 63.4 Å². The van der Waals surface area contributed by atoms with Gasteiger partial charge in [0, 0.05) is 6.42 Å². The first-order valence-electron chi connectivity index (χ1n) is 5.91. The highest BCUT2D eigenvalue weighted by molar-refractivity contribution is 5.98. The van der Waals surface area contributed by atoms with Crippen LogP contribution >= 0.6 is 0 Å². The Morgan fingerprint density at radius 2 is 2.11 bits per heavy atom. The minimum atomic E-state index is -1.31. The van der Waals surface area contributed by atoms with Gasteiger partial charge in [0.2, 0.25) is 5.91 Å². The molecule has 0 aromatic heterocycles. The van der Waals surface area contributed by atoms with Crippen LogP contribution in [0, 0.1) is 12.7 Å². The van der Waals surface area contributed by atoms with Gasteiger partial charge in [-0.25, -0.2) is 8.78 Å². The van der Waals surface area contributed by atoms with Crippen molar-refractivity contribution in [3.63, 3.8) is 0 Å². The Hall–Kier alpha value is -1.98. The minimum Gasteiger partial charge on any atom is -0.368 e. The first kappa shape index (κ1) is 13.5. The van der Waals surface area contributed by atoms with Crippen LogP contribution in [0.15, 0.2) is 18.2 Å². The second-order valence-electron chi connectivity index (χ2n) is 4.65. The van der Waals surface area contributed by atoms with Crippen LogP contribution in [0.25, 0.3) is 0 Å². The van der Waals surface area contributed by atoms with Gasteiger partial charge in [0.25, 0.3) is 5.91 Å². The average Bonchev–Trinajstić information content (AvgIpc) is 2.74. The number of carbonyl (C=O) groups excluding carboxylic acids is 2. The van der Waals surface area contributed by atoms with E-state index in [1.165, 1.54) is 25.1 Å². The van der Waals surface area contributed by atoms with Gasteiger partial charge in [0.05, 0.1) is 12.1 Å². The minimum absolute atomic E-state index is 0.130. The molecule has 2 atom stereocenters. The molecule has 0 unspecified atom stereocenters. The molecule has 1 aromatic carbocycles. The van der Waals surface area contributed by atoms with Crippen molar-refractivity contribution in [2.45, 2.75) is 25.6 Å². The second-order valence-corrected chi connectivity index (χ2v) is 4.65. The average molecular weight is 268 g/mol. The van der Waals surface area contributed by atoms with Crippen LogP contribution in [0.5, 0.6) is 0 Å². The number of benzene rings is 1. The lowest BCUT2D eigenvalue weighted by Gasteiger charge is -2.22. The highest BCUT2D eigenvalue weighted by Crippen LogP contribution is 2.24. The van der Waals surface area contributed by atoms with Crippen molar-refractivity contribution < 1.29 is 18.4 Å². The van der Waals surface area contributed by atoms with Crippen molar-refractivity contribution in [2.75, 3.05) is 6.54 Å². The SMILES string of the molecule is Cc1cccc(C(=O)N2C[C@H](F)C[C@H]2C(N)=O)c1F. The summed E-state index contributed by atoms with van der Waals surface area (Å²) in [6.07, 6.45) is -1.44. The number of hydrogen-bond donors (Lipinski definition) is 1. The first-order chi connectivity index (χ1) is 8.91. The van der Waals surface area contributed by atoms with Gasteiger partial charge in [-0.15, -0.1) is 0 Å². The molecule has 1 aromatic rings. The standard InChI is InChI=1S/C13H14F2N2O2/c1-7-3-2-4-9(11(7)15)13(19)17-6-8(14)5-10(17)12(16)18/h2-4,8,10H,5-6H2,1H3,(H2,16,18)/t8-,10+/m1/s1. The molecule has 0 radical (unpaired) electrons. The zero-order valence-electron chi connectivity index (χ0n) is 10.4. The maximum Gasteiger partial charge on any atom is 0.257 e. The van der Waals surface area contributed by atoms with Crippen LogP contribution < -0.4 is 5.73 Å². The summed E-state index contributed by atoms with van der Waals surface area (Å²) in [4.78, 5) is 24.4. The quantitative estimate of drug-likeness (QED) is 0.875. The van der Waals surface area contributed by atoms with Gasteiger partial charge >= 0.3 is 0 Å². The summed E-state index contributed by atoms with van der Waals surface area (Å²) < 4.78 is 27.2. The Balaban J connectivity index is 2.33. The van der Waals surface area contributed by atoms with E-state index in [1.54, 1.807) is 0 Å². The third kappa shape index (κ3) is 2.43. The number of halogens is 2. The van der Waals surface area contributed by atoms with Crippen LogP contribution in [0.1, 0.15) is 22.3 Å². The molecule has 2 rings (SSSR count). The smallest absolute Gasteiger partial charge is 0.257 e. The van der Waals surface area contributed by atoms with Crippen molar-refractivity contribution in [1.29, 1.82) is 0 Å². The summed E-state index contributed by atoms with van der Waals surface area (Å²) in [6, 6.07) is 3.37. The summed E-state index contributed by atoms with van der Waals surface area (Å²) in [6.45, 7) is 1.29.